The molecule has 0 saturated heterocycles. The number of carbonyl (C=O) groups excluding carboxylic acids is 2. The van der Waals surface area contributed by atoms with Gasteiger partial charge in [0.05, 0.1) is 5.57 Å². The van der Waals surface area contributed by atoms with Gasteiger partial charge in [0, 0.05) is 23.2 Å². The fourth-order valence-electron chi connectivity index (χ4n) is 3.56. The number of nitrogens with zero attached hydrogens (tertiary/aromatic N) is 1. The quantitative estimate of drug-likeness (QED) is 0.591. The molecule has 0 saturated carbocycles. The topological polar surface area (TPSA) is 67.9 Å². The molecular formula is C23H17FN2O4S. The molecule has 2 aliphatic rings. The molecule has 2 aliphatic heterocycles. The molecule has 0 spiro atoms. The summed E-state index contributed by atoms with van der Waals surface area (Å²) < 4.78 is 23.9. The number of ether oxygens (including phenoxy) is 2. The van der Waals surface area contributed by atoms with Crippen LogP contribution >= 0.6 is 11.3 Å². The van der Waals surface area contributed by atoms with Gasteiger partial charge >= 0.3 is 0 Å². The number of fused-ring (bicyclic) bond motifs is 1. The van der Waals surface area contributed by atoms with Crippen molar-refractivity contribution in [1.29, 1.82) is 0 Å². The maximum absolute atomic E-state index is 13.2. The summed E-state index contributed by atoms with van der Waals surface area (Å²) in [5.74, 6) is 0.140. The van der Waals surface area contributed by atoms with Gasteiger partial charge < -0.3 is 14.8 Å². The van der Waals surface area contributed by atoms with E-state index in [1.54, 1.807) is 30.3 Å². The Balaban J connectivity index is 1.42. The van der Waals surface area contributed by atoms with E-state index in [1.807, 2.05) is 17.5 Å². The van der Waals surface area contributed by atoms with Crippen molar-refractivity contribution in [3.63, 3.8) is 0 Å². The molecule has 3 heterocycles. The van der Waals surface area contributed by atoms with Crippen LogP contribution in [0.15, 0.2) is 65.7 Å². The van der Waals surface area contributed by atoms with Crippen LogP contribution < -0.4 is 14.8 Å². The largest absolute Gasteiger partial charge is 0.454 e. The van der Waals surface area contributed by atoms with Crippen LogP contribution in [0.5, 0.6) is 11.5 Å². The summed E-state index contributed by atoms with van der Waals surface area (Å²) in [5, 5.41) is 4.97. The molecule has 5 rings (SSSR count). The van der Waals surface area contributed by atoms with Crippen molar-refractivity contribution in [1.82, 2.24) is 4.90 Å². The Kier molecular flexibility index (Phi) is 4.91. The third-order valence-corrected chi connectivity index (χ3v) is 6.00. The minimum absolute atomic E-state index is 0.149. The molecule has 1 aromatic heterocycles. The minimum Gasteiger partial charge on any atom is -0.454 e. The van der Waals surface area contributed by atoms with Crippen molar-refractivity contribution in [3.8, 4) is 11.5 Å². The molecular weight excluding hydrogens is 419 g/mol. The Labute approximate surface area is 181 Å². The smallest absolute Gasteiger partial charge is 0.278 e. The van der Waals surface area contributed by atoms with E-state index in [4.69, 9.17) is 9.47 Å². The summed E-state index contributed by atoms with van der Waals surface area (Å²) in [6, 6.07) is 14.9. The zero-order valence-electron chi connectivity index (χ0n) is 16.3. The zero-order valence-corrected chi connectivity index (χ0v) is 17.1. The molecule has 8 heteroatoms. The zero-order chi connectivity index (χ0) is 21.4. The van der Waals surface area contributed by atoms with Crippen LogP contribution in [-0.2, 0) is 16.0 Å². The second-order valence-electron chi connectivity index (χ2n) is 7.06. The predicted molar refractivity (Wildman–Crippen MR) is 114 cm³/mol. The number of halogens is 1. The van der Waals surface area contributed by atoms with Crippen LogP contribution in [-0.4, -0.2) is 30.1 Å². The number of anilines is 1. The first-order valence-electron chi connectivity index (χ1n) is 9.65. The van der Waals surface area contributed by atoms with Crippen molar-refractivity contribution < 1.29 is 23.5 Å². The van der Waals surface area contributed by atoms with E-state index in [0.717, 1.165) is 5.56 Å². The summed E-state index contributed by atoms with van der Waals surface area (Å²) >= 11 is 1.39. The average molecular weight is 436 g/mol. The summed E-state index contributed by atoms with van der Waals surface area (Å²) in [7, 11) is 0. The predicted octanol–water partition coefficient (Wildman–Crippen LogP) is 4.05. The van der Waals surface area contributed by atoms with E-state index in [9.17, 15) is 14.0 Å². The SMILES string of the molecule is O=C1C(Nc2ccc3c(c2)OCO3)=C(c2cccs2)C(=O)N1CCc1ccc(F)cc1. The number of amides is 2. The van der Waals surface area contributed by atoms with Gasteiger partial charge in [0.15, 0.2) is 11.5 Å². The van der Waals surface area contributed by atoms with Crippen molar-refractivity contribution in [3.05, 3.63) is 81.9 Å². The number of nitrogens with one attached hydrogen (secondary N) is 1. The van der Waals surface area contributed by atoms with E-state index >= 15 is 0 Å². The molecule has 0 atom stereocenters. The van der Waals surface area contributed by atoms with Gasteiger partial charge in [-0.2, -0.15) is 0 Å². The Bertz CT molecular complexity index is 1190. The number of imide groups is 1. The number of benzene rings is 2. The Morgan fingerprint density at radius 2 is 1.81 bits per heavy atom. The third-order valence-electron chi connectivity index (χ3n) is 5.11. The molecule has 3 aromatic rings. The first kappa shape index (κ1) is 19.3. The second-order valence-corrected chi connectivity index (χ2v) is 8.01. The molecule has 0 fully saturated rings. The van der Waals surface area contributed by atoms with Crippen molar-refractivity contribution in [2.75, 3.05) is 18.7 Å². The molecule has 0 bridgehead atoms. The lowest BCUT2D eigenvalue weighted by atomic mass is 10.1. The van der Waals surface area contributed by atoms with Crippen LogP contribution in [0, 0.1) is 5.82 Å². The minimum atomic E-state index is -0.395. The number of hydrogen-bond acceptors (Lipinski definition) is 6. The average Bonchev–Trinajstić information content (AvgIpc) is 3.50. The number of hydrogen-bond donors (Lipinski definition) is 1. The van der Waals surface area contributed by atoms with Crippen LogP contribution in [0.25, 0.3) is 5.57 Å². The monoisotopic (exact) mass is 436 g/mol. The summed E-state index contributed by atoms with van der Waals surface area (Å²) in [5.41, 5.74) is 2.04. The standard InChI is InChI=1S/C23H17FN2O4S/c24-15-5-3-14(4-6-15)9-10-26-22(27)20(19-2-1-11-31-19)21(23(26)28)25-16-7-8-17-18(12-16)30-13-29-17/h1-8,11-12,25H,9-10,13H2. The maximum Gasteiger partial charge on any atom is 0.278 e. The van der Waals surface area contributed by atoms with Gasteiger partial charge in [0.2, 0.25) is 6.79 Å². The highest BCUT2D eigenvalue weighted by molar-refractivity contribution is 7.11. The van der Waals surface area contributed by atoms with Crippen LogP contribution in [0.1, 0.15) is 10.4 Å². The van der Waals surface area contributed by atoms with Crippen molar-refractivity contribution in [2.45, 2.75) is 6.42 Å². The third kappa shape index (κ3) is 3.66. The summed E-state index contributed by atoms with van der Waals surface area (Å²) in [6.07, 6.45) is 0.437. The highest BCUT2D eigenvalue weighted by Gasteiger charge is 2.39. The van der Waals surface area contributed by atoms with Crippen molar-refractivity contribution in [2.24, 2.45) is 0 Å². The van der Waals surface area contributed by atoms with Gasteiger partial charge in [-0.3, -0.25) is 14.5 Å². The van der Waals surface area contributed by atoms with Crippen molar-refractivity contribution >= 4 is 34.4 Å². The molecule has 6 nitrogen and oxygen atoms in total. The second kappa shape index (κ2) is 7.88. The van der Waals surface area contributed by atoms with Crippen LogP contribution in [0.2, 0.25) is 0 Å². The van der Waals surface area contributed by atoms with Crippen LogP contribution in [0.3, 0.4) is 0 Å². The van der Waals surface area contributed by atoms with E-state index in [2.05, 4.69) is 5.32 Å². The molecule has 0 aliphatic carbocycles. The Morgan fingerprint density at radius 3 is 2.58 bits per heavy atom. The van der Waals surface area contributed by atoms with E-state index < -0.39 is 5.91 Å². The lowest BCUT2D eigenvalue weighted by Gasteiger charge is -2.15. The highest BCUT2D eigenvalue weighted by atomic mass is 32.1. The first-order valence-corrected chi connectivity index (χ1v) is 10.5. The van der Waals surface area contributed by atoms with Gasteiger partial charge in [-0.15, -0.1) is 11.3 Å². The lowest BCUT2D eigenvalue weighted by molar-refractivity contribution is -0.136. The van der Waals surface area contributed by atoms with E-state index in [1.165, 1.54) is 28.4 Å². The van der Waals surface area contributed by atoms with Gasteiger partial charge in [-0.05, 0) is 47.7 Å². The highest BCUT2D eigenvalue weighted by Crippen LogP contribution is 2.37. The van der Waals surface area contributed by atoms with Gasteiger partial charge in [0.1, 0.15) is 11.5 Å². The summed E-state index contributed by atoms with van der Waals surface area (Å²) in [6.45, 7) is 0.348. The Morgan fingerprint density at radius 1 is 1.00 bits per heavy atom. The molecule has 0 radical (unpaired) electrons. The summed E-state index contributed by atoms with van der Waals surface area (Å²) in [4.78, 5) is 28.3. The maximum atomic E-state index is 13.2. The Hall–Kier alpha value is -3.65. The van der Waals surface area contributed by atoms with Gasteiger partial charge in [-0.25, -0.2) is 4.39 Å². The molecule has 0 unspecified atom stereocenters. The molecule has 2 amide bonds. The number of rotatable bonds is 6. The fraction of sp³-hybridized carbons (Fsp3) is 0.130. The normalized spacial score (nSPS) is 15.2. The lowest BCUT2D eigenvalue weighted by Crippen LogP contribution is -2.34. The van der Waals surface area contributed by atoms with Crippen LogP contribution in [0.4, 0.5) is 10.1 Å². The number of thiophene rings is 1. The van der Waals surface area contributed by atoms with E-state index in [-0.39, 0.29) is 30.8 Å². The van der Waals surface area contributed by atoms with Gasteiger partial charge in [0.25, 0.3) is 11.8 Å². The molecule has 1 N–H and O–H groups in total. The molecule has 2 aromatic carbocycles. The number of carbonyl (C=O) groups is 2. The fourth-order valence-corrected chi connectivity index (χ4v) is 4.32. The molecule has 31 heavy (non-hydrogen) atoms. The van der Waals surface area contributed by atoms with Gasteiger partial charge in [-0.1, -0.05) is 18.2 Å². The first-order chi connectivity index (χ1) is 15.1. The molecule has 156 valence electrons. The van der Waals surface area contributed by atoms with E-state index in [0.29, 0.717) is 34.1 Å².